The van der Waals surface area contributed by atoms with Crippen LogP contribution in [0.15, 0.2) is 0 Å². The molecule has 108 valence electrons. The summed E-state index contributed by atoms with van der Waals surface area (Å²) >= 11 is 0. The number of halogens is 3. The monoisotopic (exact) mass is 266 g/mol. The zero-order valence-electron chi connectivity index (χ0n) is 11.4. The van der Waals surface area contributed by atoms with Crippen LogP contribution in [0.25, 0.3) is 0 Å². The summed E-state index contributed by atoms with van der Waals surface area (Å²) in [5.41, 5.74) is 0. The molecule has 1 heterocycles. The molecule has 1 fully saturated rings. The largest absolute Gasteiger partial charge is 0.393 e. The molecular formula is C13H25F3N2. The summed E-state index contributed by atoms with van der Waals surface area (Å²) in [6.07, 6.45) is -1.98. The molecule has 0 saturated carbocycles. The lowest BCUT2D eigenvalue weighted by Gasteiger charge is -2.35. The molecule has 1 saturated heterocycles. The molecule has 2 unspecified atom stereocenters. The summed E-state index contributed by atoms with van der Waals surface area (Å²) < 4.78 is 38.0. The van der Waals surface area contributed by atoms with Crippen LogP contribution in [0.5, 0.6) is 0 Å². The second-order valence-corrected chi connectivity index (χ2v) is 5.45. The lowest BCUT2D eigenvalue weighted by atomic mass is 9.96. The van der Waals surface area contributed by atoms with Gasteiger partial charge in [-0.3, -0.25) is 0 Å². The number of likely N-dealkylation sites (tertiary alicyclic amines) is 1. The van der Waals surface area contributed by atoms with Gasteiger partial charge in [-0.1, -0.05) is 13.8 Å². The van der Waals surface area contributed by atoms with Crippen LogP contribution in [0, 0.1) is 11.8 Å². The molecule has 2 atom stereocenters. The van der Waals surface area contributed by atoms with Crippen molar-refractivity contribution >= 4 is 0 Å². The SMILES string of the molecule is CCCNCC(C)CN1CCCC(C(F)(F)F)C1. The Morgan fingerprint density at radius 1 is 1.39 bits per heavy atom. The molecule has 0 bridgehead atoms. The molecule has 0 aromatic rings. The van der Waals surface area contributed by atoms with E-state index < -0.39 is 12.1 Å². The van der Waals surface area contributed by atoms with Gasteiger partial charge in [0.05, 0.1) is 5.92 Å². The summed E-state index contributed by atoms with van der Waals surface area (Å²) in [7, 11) is 0. The molecule has 0 aromatic carbocycles. The van der Waals surface area contributed by atoms with Crippen molar-refractivity contribution in [2.45, 2.75) is 39.3 Å². The number of rotatable bonds is 6. The zero-order chi connectivity index (χ0) is 13.6. The van der Waals surface area contributed by atoms with Crippen LogP contribution in [-0.4, -0.2) is 43.8 Å². The molecule has 0 aliphatic carbocycles. The quantitative estimate of drug-likeness (QED) is 0.744. The molecule has 1 rings (SSSR count). The maximum Gasteiger partial charge on any atom is 0.393 e. The second-order valence-electron chi connectivity index (χ2n) is 5.45. The van der Waals surface area contributed by atoms with E-state index >= 15 is 0 Å². The summed E-state index contributed by atoms with van der Waals surface area (Å²) in [4.78, 5) is 1.97. The molecule has 1 aliphatic heterocycles. The van der Waals surface area contributed by atoms with Crippen molar-refractivity contribution < 1.29 is 13.2 Å². The minimum atomic E-state index is -4.03. The number of hydrogen-bond acceptors (Lipinski definition) is 2. The molecule has 0 spiro atoms. The number of piperidine rings is 1. The third-order valence-corrected chi connectivity index (χ3v) is 3.46. The van der Waals surface area contributed by atoms with E-state index in [2.05, 4.69) is 19.2 Å². The van der Waals surface area contributed by atoms with Crippen molar-refractivity contribution in [2.75, 3.05) is 32.7 Å². The van der Waals surface area contributed by atoms with E-state index in [1.54, 1.807) is 0 Å². The smallest absolute Gasteiger partial charge is 0.316 e. The molecule has 2 nitrogen and oxygen atoms in total. The first kappa shape index (κ1) is 15.8. The normalized spacial score (nSPS) is 24.2. The van der Waals surface area contributed by atoms with E-state index in [0.717, 1.165) is 32.6 Å². The Kier molecular flexibility index (Phi) is 6.43. The average molecular weight is 266 g/mol. The van der Waals surface area contributed by atoms with Crippen LogP contribution in [0.4, 0.5) is 13.2 Å². The van der Waals surface area contributed by atoms with Crippen molar-refractivity contribution in [1.82, 2.24) is 10.2 Å². The van der Waals surface area contributed by atoms with E-state index in [1.165, 1.54) is 0 Å². The highest BCUT2D eigenvalue weighted by Crippen LogP contribution is 2.33. The van der Waals surface area contributed by atoms with E-state index in [-0.39, 0.29) is 6.54 Å². The first-order valence-corrected chi connectivity index (χ1v) is 6.93. The predicted octanol–water partition coefficient (Wildman–Crippen LogP) is 2.90. The second kappa shape index (κ2) is 7.34. The van der Waals surface area contributed by atoms with Crippen molar-refractivity contribution in [2.24, 2.45) is 11.8 Å². The Bertz CT molecular complexity index is 231. The van der Waals surface area contributed by atoms with Crippen molar-refractivity contribution in [1.29, 1.82) is 0 Å². The first-order valence-electron chi connectivity index (χ1n) is 6.93. The fourth-order valence-electron chi connectivity index (χ4n) is 2.52. The van der Waals surface area contributed by atoms with Gasteiger partial charge in [-0.05, 0) is 44.8 Å². The number of alkyl halides is 3. The molecular weight excluding hydrogens is 241 g/mol. The highest BCUT2D eigenvalue weighted by molar-refractivity contribution is 4.79. The standard InChI is InChI=1S/C13H25F3N2/c1-3-6-17-8-11(2)9-18-7-4-5-12(10-18)13(14,15)16/h11-12,17H,3-10H2,1-2H3. The zero-order valence-corrected chi connectivity index (χ0v) is 11.4. The van der Waals surface area contributed by atoms with E-state index in [9.17, 15) is 13.2 Å². The molecule has 0 aromatic heterocycles. The maximum atomic E-state index is 12.7. The molecule has 5 heteroatoms. The Labute approximate surface area is 108 Å². The minimum Gasteiger partial charge on any atom is -0.316 e. The lowest BCUT2D eigenvalue weighted by molar-refractivity contribution is -0.187. The number of hydrogen-bond donors (Lipinski definition) is 1. The van der Waals surface area contributed by atoms with Crippen LogP contribution in [0.2, 0.25) is 0 Å². The molecule has 0 amide bonds. The average Bonchev–Trinajstić information content (AvgIpc) is 2.28. The predicted molar refractivity (Wildman–Crippen MR) is 67.5 cm³/mol. The number of nitrogens with zero attached hydrogens (tertiary/aromatic N) is 1. The summed E-state index contributed by atoms with van der Waals surface area (Å²) in [5, 5.41) is 3.32. The third-order valence-electron chi connectivity index (χ3n) is 3.46. The van der Waals surface area contributed by atoms with E-state index in [0.29, 0.717) is 18.8 Å². The maximum absolute atomic E-state index is 12.7. The summed E-state index contributed by atoms with van der Waals surface area (Å²) in [5.74, 6) is -0.717. The van der Waals surface area contributed by atoms with Crippen molar-refractivity contribution in [3.05, 3.63) is 0 Å². The molecule has 18 heavy (non-hydrogen) atoms. The molecule has 1 N–H and O–H groups in total. The lowest BCUT2D eigenvalue weighted by Crippen LogP contribution is -2.44. The number of nitrogens with one attached hydrogen (secondary N) is 1. The minimum absolute atomic E-state index is 0.182. The van der Waals surface area contributed by atoms with Crippen LogP contribution in [0.1, 0.15) is 33.1 Å². The van der Waals surface area contributed by atoms with Gasteiger partial charge < -0.3 is 10.2 Å². The Balaban J connectivity index is 2.29. The van der Waals surface area contributed by atoms with Gasteiger partial charge in [0.15, 0.2) is 0 Å². The van der Waals surface area contributed by atoms with Crippen molar-refractivity contribution in [3.8, 4) is 0 Å². The van der Waals surface area contributed by atoms with Crippen molar-refractivity contribution in [3.63, 3.8) is 0 Å². The summed E-state index contributed by atoms with van der Waals surface area (Å²) in [6.45, 7) is 7.84. The fraction of sp³-hybridized carbons (Fsp3) is 1.00. The van der Waals surface area contributed by atoms with Gasteiger partial charge in [-0.15, -0.1) is 0 Å². The van der Waals surface area contributed by atoms with Crippen LogP contribution in [-0.2, 0) is 0 Å². The Hall–Kier alpha value is -0.290. The first-order chi connectivity index (χ1) is 8.43. The van der Waals surface area contributed by atoms with Gasteiger partial charge in [-0.2, -0.15) is 13.2 Å². The van der Waals surface area contributed by atoms with Gasteiger partial charge in [0.2, 0.25) is 0 Å². The van der Waals surface area contributed by atoms with E-state index in [4.69, 9.17) is 0 Å². The highest BCUT2D eigenvalue weighted by atomic mass is 19.4. The Morgan fingerprint density at radius 3 is 2.72 bits per heavy atom. The highest BCUT2D eigenvalue weighted by Gasteiger charge is 2.41. The van der Waals surface area contributed by atoms with Crippen LogP contribution >= 0.6 is 0 Å². The molecule has 1 aliphatic rings. The van der Waals surface area contributed by atoms with Gasteiger partial charge >= 0.3 is 6.18 Å². The van der Waals surface area contributed by atoms with Gasteiger partial charge in [0.25, 0.3) is 0 Å². The van der Waals surface area contributed by atoms with Crippen LogP contribution in [0.3, 0.4) is 0 Å². The molecule has 0 radical (unpaired) electrons. The third kappa shape index (κ3) is 5.57. The Morgan fingerprint density at radius 2 is 2.11 bits per heavy atom. The summed E-state index contributed by atoms with van der Waals surface area (Å²) in [6, 6.07) is 0. The van der Waals surface area contributed by atoms with E-state index in [1.807, 2.05) is 4.90 Å². The topological polar surface area (TPSA) is 15.3 Å². The van der Waals surface area contributed by atoms with Crippen LogP contribution < -0.4 is 5.32 Å². The van der Waals surface area contributed by atoms with Gasteiger partial charge in [0.1, 0.15) is 0 Å². The van der Waals surface area contributed by atoms with Gasteiger partial charge in [-0.25, -0.2) is 0 Å². The fourth-order valence-corrected chi connectivity index (χ4v) is 2.52. The van der Waals surface area contributed by atoms with Gasteiger partial charge in [0, 0.05) is 13.1 Å².